The van der Waals surface area contributed by atoms with Crippen LogP contribution in [0.1, 0.15) is 39.0 Å². The summed E-state index contributed by atoms with van der Waals surface area (Å²) in [4.78, 5) is 23.1. The van der Waals surface area contributed by atoms with Crippen LogP contribution in [-0.2, 0) is 14.3 Å². The van der Waals surface area contributed by atoms with Gasteiger partial charge in [-0.25, -0.2) is 0 Å². The topological polar surface area (TPSA) is 43.4 Å². The number of carbonyl (C=O) groups is 2. The van der Waals surface area contributed by atoms with Gasteiger partial charge in [-0.05, 0) is 24.7 Å². The first-order valence-corrected chi connectivity index (χ1v) is 6.11. The Morgan fingerprint density at radius 2 is 2.29 bits per heavy atom. The Balaban J connectivity index is 2.61. The molecule has 0 saturated heterocycles. The van der Waals surface area contributed by atoms with Crippen molar-refractivity contribution in [2.45, 2.75) is 39.0 Å². The Hall–Kier alpha value is -1.30. The van der Waals surface area contributed by atoms with E-state index in [9.17, 15) is 9.59 Å². The van der Waals surface area contributed by atoms with Crippen molar-refractivity contribution in [3.8, 4) is 12.3 Å². The molecule has 17 heavy (non-hydrogen) atoms. The molecule has 1 unspecified atom stereocenters. The highest BCUT2D eigenvalue weighted by Gasteiger charge is 2.34. The average Bonchev–Trinajstić information content (AvgIpc) is 2.27. The molecule has 1 saturated carbocycles. The number of hydrogen-bond donors (Lipinski definition) is 0. The third-order valence-electron chi connectivity index (χ3n) is 3.50. The van der Waals surface area contributed by atoms with Crippen LogP contribution in [0.25, 0.3) is 0 Å². The molecular weight excluding hydrogens is 216 g/mol. The van der Waals surface area contributed by atoms with E-state index in [1.807, 2.05) is 0 Å². The van der Waals surface area contributed by atoms with Gasteiger partial charge in [0.1, 0.15) is 5.78 Å². The zero-order valence-corrected chi connectivity index (χ0v) is 10.6. The van der Waals surface area contributed by atoms with Crippen molar-refractivity contribution in [3.05, 3.63) is 0 Å². The molecule has 3 nitrogen and oxygen atoms in total. The second-order valence-corrected chi connectivity index (χ2v) is 4.90. The first kappa shape index (κ1) is 13.8. The number of rotatable bonds is 4. The van der Waals surface area contributed by atoms with Gasteiger partial charge in [0.15, 0.2) is 0 Å². The predicted octanol–water partition coefficient (Wildman–Crippen LogP) is 2.19. The van der Waals surface area contributed by atoms with Crippen LogP contribution < -0.4 is 0 Å². The average molecular weight is 236 g/mol. The number of methoxy groups -OCH3 is 1. The fraction of sp³-hybridized carbons (Fsp3) is 0.714. The van der Waals surface area contributed by atoms with Gasteiger partial charge in [-0.15, -0.1) is 12.3 Å². The van der Waals surface area contributed by atoms with Crippen LogP contribution in [0, 0.1) is 30.1 Å². The standard InChI is InChI=1S/C14H20O3/c1-4-5-11-8-10(2)9-13(15)12(11)6-7-14(16)17-3/h1,10-12H,5-9H2,2-3H3/t10-,11-,12?/m1/s1. The van der Waals surface area contributed by atoms with Crippen molar-refractivity contribution in [3.63, 3.8) is 0 Å². The number of carbonyl (C=O) groups excluding carboxylic acids is 2. The number of esters is 1. The number of Topliss-reactive ketones (excluding diaryl/α,β-unsaturated/α-hetero) is 1. The maximum atomic E-state index is 12.0. The Morgan fingerprint density at radius 1 is 1.59 bits per heavy atom. The lowest BCUT2D eigenvalue weighted by atomic mass is 9.71. The molecule has 0 amide bonds. The SMILES string of the molecule is C#CC[C@@H]1C[C@@H](C)CC(=O)C1CCC(=O)OC. The van der Waals surface area contributed by atoms with E-state index < -0.39 is 0 Å². The highest BCUT2D eigenvalue weighted by Crippen LogP contribution is 2.35. The van der Waals surface area contributed by atoms with Crippen molar-refractivity contribution in [2.75, 3.05) is 7.11 Å². The normalized spacial score (nSPS) is 28.5. The van der Waals surface area contributed by atoms with Crippen LogP contribution >= 0.6 is 0 Å². The Bertz CT molecular complexity index is 327. The van der Waals surface area contributed by atoms with Crippen LogP contribution in [0.2, 0.25) is 0 Å². The quantitative estimate of drug-likeness (QED) is 0.555. The molecule has 0 spiro atoms. The summed E-state index contributed by atoms with van der Waals surface area (Å²) in [5.41, 5.74) is 0. The summed E-state index contributed by atoms with van der Waals surface area (Å²) in [6, 6.07) is 0. The molecule has 1 rings (SSSR count). The fourth-order valence-corrected chi connectivity index (χ4v) is 2.67. The second kappa shape index (κ2) is 6.44. The molecule has 3 atom stereocenters. The molecule has 0 aliphatic heterocycles. The Morgan fingerprint density at radius 3 is 2.88 bits per heavy atom. The Labute approximate surface area is 103 Å². The van der Waals surface area contributed by atoms with Gasteiger partial charge in [-0.2, -0.15) is 0 Å². The summed E-state index contributed by atoms with van der Waals surface area (Å²) in [5.74, 6) is 3.24. The lowest BCUT2D eigenvalue weighted by Gasteiger charge is -2.32. The minimum absolute atomic E-state index is 0.0543. The smallest absolute Gasteiger partial charge is 0.305 e. The number of terminal acetylenes is 1. The van der Waals surface area contributed by atoms with Crippen LogP contribution in [-0.4, -0.2) is 18.9 Å². The van der Waals surface area contributed by atoms with Crippen molar-refractivity contribution in [1.29, 1.82) is 0 Å². The molecule has 1 fully saturated rings. The van der Waals surface area contributed by atoms with E-state index in [1.54, 1.807) is 0 Å². The molecule has 0 N–H and O–H groups in total. The molecule has 3 heteroatoms. The van der Waals surface area contributed by atoms with Gasteiger partial charge >= 0.3 is 5.97 Å². The largest absolute Gasteiger partial charge is 0.469 e. The second-order valence-electron chi connectivity index (χ2n) is 4.90. The molecule has 1 aliphatic carbocycles. The van der Waals surface area contributed by atoms with E-state index in [1.165, 1.54) is 7.11 Å². The van der Waals surface area contributed by atoms with E-state index in [0.717, 1.165) is 6.42 Å². The molecule has 0 aromatic rings. The van der Waals surface area contributed by atoms with E-state index in [-0.39, 0.29) is 23.6 Å². The van der Waals surface area contributed by atoms with Crippen molar-refractivity contribution >= 4 is 11.8 Å². The summed E-state index contributed by atoms with van der Waals surface area (Å²) in [6.07, 6.45) is 8.46. The summed E-state index contributed by atoms with van der Waals surface area (Å²) < 4.78 is 4.60. The monoisotopic (exact) mass is 236 g/mol. The van der Waals surface area contributed by atoms with Crippen LogP contribution in [0.4, 0.5) is 0 Å². The molecule has 1 aliphatic rings. The molecule has 0 heterocycles. The number of ketones is 1. The number of hydrogen-bond acceptors (Lipinski definition) is 3. The summed E-state index contributed by atoms with van der Waals surface area (Å²) in [7, 11) is 1.37. The lowest BCUT2D eigenvalue weighted by molar-refractivity contribution is -0.141. The zero-order chi connectivity index (χ0) is 12.8. The van der Waals surface area contributed by atoms with Crippen molar-refractivity contribution in [2.24, 2.45) is 17.8 Å². The van der Waals surface area contributed by atoms with E-state index in [2.05, 4.69) is 17.6 Å². The zero-order valence-electron chi connectivity index (χ0n) is 10.6. The van der Waals surface area contributed by atoms with Gasteiger partial charge in [0.25, 0.3) is 0 Å². The van der Waals surface area contributed by atoms with E-state index in [0.29, 0.717) is 31.6 Å². The van der Waals surface area contributed by atoms with Gasteiger partial charge in [-0.1, -0.05) is 6.92 Å². The summed E-state index contributed by atoms with van der Waals surface area (Å²) in [5, 5.41) is 0. The van der Waals surface area contributed by atoms with E-state index in [4.69, 9.17) is 6.42 Å². The maximum Gasteiger partial charge on any atom is 0.305 e. The number of ether oxygens (including phenoxy) is 1. The van der Waals surface area contributed by atoms with Crippen LogP contribution in [0.3, 0.4) is 0 Å². The highest BCUT2D eigenvalue weighted by atomic mass is 16.5. The fourth-order valence-electron chi connectivity index (χ4n) is 2.67. The minimum atomic E-state index is -0.254. The molecule has 0 aromatic heterocycles. The van der Waals surface area contributed by atoms with Crippen molar-refractivity contribution < 1.29 is 14.3 Å². The third kappa shape index (κ3) is 3.89. The Kier molecular flexibility index (Phi) is 5.21. The molecule has 0 aromatic carbocycles. The molecule has 0 radical (unpaired) electrons. The third-order valence-corrected chi connectivity index (χ3v) is 3.50. The predicted molar refractivity (Wildman–Crippen MR) is 65.1 cm³/mol. The van der Waals surface area contributed by atoms with Gasteiger partial charge in [0, 0.05) is 25.2 Å². The van der Waals surface area contributed by atoms with Crippen LogP contribution in [0.5, 0.6) is 0 Å². The summed E-state index contributed by atoms with van der Waals surface area (Å²) >= 11 is 0. The minimum Gasteiger partial charge on any atom is -0.469 e. The first-order chi connectivity index (χ1) is 8.08. The van der Waals surface area contributed by atoms with Crippen molar-refractivity contribution in [1.82, 2.24) is 0 Å². The maximum absolute atomic E-state index is 12.0. The van der Waals surface area contributed by atoms with Crippen LogP contribution in [0.15, 0.2) is 0 Å². The van der Waals surface area contributed by atoms with Gasteiger partial charge in [0.2, 0.25) is 0 Å². The van der Waals surface area contributed by atoms with Gasteiger partial charge in [0.05, 0.1) is 7.11 Å². The lowest BCUT2D eigenvalue weighted by Crippen LogP contribution is -2.32. The van der Waals surface area contributed by atoms with E-state index >= 15 is 0 Å². The first-order valence-electron chi connectivity index (χ1n) is 6.11. The molecule has 0 bridgehead atoms. The van der Waals surface area contributed by atoms with Gasteiger partial charge in [-0.3, -0.25) is 9.59 Å². The summed E-state index contributed by atoms with van der Waals surface area (Å²) in [6.45, 7) is 2.08. The van der Waals surface area contributed by atoms with Gasteiger partial charge < -0.3 is 4.74 Å². The highest BCUT2D eigenvalue weighted by molar-refractivity contribution is 5.83. The molecular formula is C14H20O3. The molecule has 94 valence electrons.